The van der Waals surface area contributed by atoms with Gasteiger partial charge in [0, 0.05) is 31.7 Å². The lowest BCUT2D eigenvalue weighted by molar-refractivity contribution is -0.184. The summed E-state index contributed by atoms with van der Waals surface area (Å²) in [7, 11) is 3.25. The number of aliphatic hydroxyl groups is 1. The summed E-state index contributed by atoms with van der Waals surface area (Å²) < 4.78 is 23.7. The van der Waals surface area contributed by atoms with Gasteiger partial charge >= 0.3 is 0 Å². The molecule has 4 rings (SSSR count). The van der Waals surface area contributed by atoms with Crippen molar-refractivity contribution in [3.05, 3.63) is 41.8 Å². The highest BCUT2D eigenvalue weighted by Gasteiger charge is 2.38. The lowest BCUT2D eigenvalue weighted by Gasteiger charge is -2.36. The van der Waals surface area contributed by atoms with Crippen molar-refractivity contribution in [1.82, 2.24) is 9.97 Å². The highest BCUT2D eigenvalue weighted by molar-refractivity contribution is 5.62. The van der Waals surface area contributed by atoms with E-state index in [0.717, 1.165) is 38.2 Å². The largest absolute Gasteiger partial charge is 0.388 e. The minimum absolute atomic E-state index is 0.0540. The Bertz CT molecular complexity index is 860. The van der Waals surface area contributed by atoms with Crippen molar-refractivity contribution in [1.29, 1.82) is 0 Å². The van der Waals surface area contributed by atoms with E-state index in [0.29, 0.717) is 17.1 Å². The van der Waals surface area contributed by atoms with Gasteiger partial charge < -0.3 is 24.7 Å². The molecule has 2 atom stereocenters. The van der Waals surface area contributed by atoms with Gasteiger partial charge in [-0.05, 0) is 30.9 Å². The number of nitrogens with one attached hydrogen (secondary N) is 1. The van der Waals surface area contributed by atoms with E-state index in [9.17, 15) is 14.3 Å². The van der Waals surface area contributed by atoms with E-state index in [4.69, 9.17) is 4.74 Å². The van der Waals surface area contributed by atoms with Gasteiger partial charge in [-0.1, -0.05) is 24.6 Å². The van der Waals surface area contributed by atoms with Crippen molar-refractivity contribution in [2.75, 3.05) is 32.8 Å². The van der Waals surface area contributed by atoms with Crippen molar-refractivity contribution < 1.29 is 23.8 Å². The quantitative estimate of drug-likeness (QED) is 0.723. The molecule has 1 aliphatic carbocycles. The van der Waals surface area contributed by atoms with Crippen LogP contribution in [-0.4, -0.2) is 54.8 Å². The number of nitrogens with zero attached hydrogens (tertiary/aromatic N) is 2. The molecular formula is C22H28FN3O4. The first-order chi connectivity index (χ1) is 14.5. The zero-order chi connectivity index (χ0) is 21.6. The van der Waals surface area contributed by atoms with Gasteiger partial charge in [0.05, 0.1) is 19.4 Å². The molecule has 2 fully saturated rings. The van der Waals surface area contributed by atoms with Gasteiger partial charge in [0.2, 0.25) is 5.95 Å². The number of hydrogen-bond donors (Lipinski definition) is 2. The van der Waals surface area contributed by atoms with E-state index < -0.39 is 11.4 Å². The molecular weight excluding hydrogens is 389 g/mol. The van der Waals surface area contributed by atoms with E-state index in [1.807, 2.05) is 0 Å². The molecule has 2 unspecified atom stereocenters. The lowest BCUT2D eigenvalue weighted by atomic mass is 9.87. The molecule has 1 aromatic heterocycles. The Morgan fingerprint density at radius 2 is 2.10 bits per heavy atom. The molecule has 30 heavy (non-hydrogen) atoms. The third-order valence-electron chi connectivity index (χ3n) is 5.34. The highest BCUT2D eigenvalue weighted by Crippen LogP contribution is 2.32. The molecule has 0 spiro atoms. The number of hydrogen-bond acceptors (Lipinski definition) is 7. The first-order valence-electron chi connectivity index (χ1n) is 10.0. The Hall–Kier alpha value is -2.42. The zero-order valence-electron chi connectivity index (χ0n) is 17.3. The minimum Gasteiger partial charge on any atom is -0.388 e. The number of ether oxygens (including phenoxy) is 2. The van der Waals surface area contributed by atoms with Crippen molar-refractivity contribution in [2.45, 2.75) is 37.3 Å². The van der Waals surface area contributed by atoms with Gasteiger partial charge in [0.1, 0.15) is 17.6 Å². The number of benzene rings is 1. The number of aromatic nitrogens is 2. The summed E-state index contributed by atoms with van der Waals surface area (Å²) in [5.41, 5.74) is 0.415. The monoisotopic (exact) mass is 417 g/mol. The van der Waals surface area contributed by atoms with E-state index in [1.165, 1.54) is 0 Å². The normalized spacial score (nSPS) is 22.3. The van der Waals surface area contributed by atoms with Crippen molar-refractivity contribution in [3.63, 3.8) is 0 Å². The standard InChI is InChI=1S/C20H22FN3O3.C2H6O/c21-17-9-22-19(23-16-6-1-3-13(7-16)10-25)24-18(17)14-4-2-5-15(8-14)20(26)11-27-12-20;1-3-2/h2,4-5,8-10,13,16,26H,1,3,6-7,11-12H2,(H,22,23,24);1-2H3. The molecule has 2 heterocycles. The summed E-state index contributed by atoms with van der Waals surface area (Å²) in [5.74, 6) is -0.124. The summed E-state index contributed by atoms with van der Waals surface area (Å²) in [4.78, 5) is 19.5. The molecule has 2 aromatic rings. The smallest absolute Gasteiger partial charge is 0.223 e. The molecule has 7 nitrogen and oxygen atoms in total. The van der Waals surface area contributed by atoms with E-state index in [-0.39, 0.29) is 30.9 Å². The fraction of sp³-hybridized carbons (Fsp3) is 0.500. The minimum atomic E-state index is -1.02. The number of methoxy groups -OCH3 is 1. The Balaban J connectivity index is 0.000000806. The maximum absolute atomic E-state index is 14.4. The molecule has 162 valence electrons. The van der Waals surface area contributed by atoms with Crippen LogP contribution in [0.2, 0.25) is 0 Å². The Morgan fingerprint density at radius 1 is 1.33 bits per heavy atom. The zero-order valence-corrected chi connectivity index (χ0v) is 17.3. The van der Waals surface area contributed by atoms with Crippen LogP contribution >= 0.6 is 0 Å². The number of rotatable bonds is 5. The molecule has 1 saturated heterocycles. The molecule has 1 saturated carbocycles. The predicted molar refractivity (Wildman–Crippen MR) is 111 cm³/mol. The van der Waals surface area contributed by atoms with Crippen LogP contribution in [0, 0.1) is 11.7 Å². The third-order valence-corrected chi connectivity index (χ3v) is 5.34. The topological polar surface area (TPSA) is 93.6 Å². The van der Waals surface area contributed by atoms with E-state index >= 15 is 0 Å². The van der Waals surface area contributed by atoms with Crippen LogP contribution in [0.5, 0.6) is 0 Å². The van der Waals surface area contributed by atoms with Gasteiger partial charge in [-0.2, -0.15) is 0 Å². The molecule has 2 N–H and O–H groups in total. The molecule has 1 aromatic carbocycles. The molecule has 1 aliphatic heterocycles. The summed E-state index contributed by atoms with van der Waals surface area (Å²) in [6, 6.07) is 7.16. The van der Waals surface area contributed by atoms with Crippen molar-refractivity contribution in [2.24, 2.45) is 5.92 Å². The summed E-state index contributed by atoms with van der Waals surface area (Å²) in [6.07, 6.45) is 5.71. The number of carbonyl (C=O) groups is 1. The first kappa shape index (κ1) is 22.3. The maximum atomic E-state index is 14.4. The average Bonchev–Trinajstić information content (AvgIpc) is 2.74. The molecule has 0 bridgehead atoms. The highest BCUT2D eigenvalue weighted by atomic mass is 19.1. The van der Waals surface area contributed by atoms with Gasteiger partial charge in [0.15, 0.2) is 5.82 Å². The van der Waals surface area contributed by atoms with Crippen LogP contribution in [0.25, 0.3) is 11.3 Å². The molecule has 0 amide bonds. The van der Waals surface area contributed by atoms with Gasteiger partial charge in [-0.15, -0.1) is 0 Å². The van der Waals surface area contributed by atoms with E-state index in [1.54, 1.807) is 38.5 Å². The number of aldehydes is 1. The molecule has 2 aliphatic rings. The number of halogens is 1. The fourth-order valence-corrected chi connectivity index (χ4v) is 3.72. The van der Waals surface area contributed by atoms with E-state index in [2.05, 4.69) is 20.0 Å². The molecule has 8 heteroatoms. The Morgan fingerprint density at radius 3 is 2.77 bits per heavy atom. The Kier molecular flexibility index (Phi) is 7.47. The molecule has 0 radical (unpaired) electrons. The number of carbonyl (C=O) groups excluding carboxylic acids is 1. The third kappa shape index (κ3) is 5.19. The fourth-order valence-electron chi connectivity index (χ4n) is 3.72. The lowest BCUT2D eigenvalue weighted by Crippen LogP contribution is -2.46. The van der Waals surface area contributed by atoms with Crippen LogP contribution in [-0.2, 0) is 19.9 Å². The number of anilines is 1. The second-order valence-corrected chi connectivity index (χ2v) is 7.81. The summed E-state index contributed by atoms with van der Waals surface area (Å²) in [5, 5.41) is 13.7. The average molecular weight is 417 g/mol. The SMILES string of the molecule is COC.O=CC1CCCC(Nc2ncc(F)c(-c3cccc(C4(O)COC4)c3)n2)C1. The van der Waals surface area contributed by atoms with Crippen LogP contribution in [0.4, 0.5) is 10.3 Å². The summed E-state index contributed by atoms with van der Waals surface area (Å²) >= 11 is 0. The second kappa shape index (κ2) is 10.1. The van der Waals surface area contributed by atoms with Crippen LogP contribution in [0.15, 0.2) is 30.5 Å². The predicted octanol–water partition coefficient (Wildman–Crippen LogP) is 2.93. The van der Waals surface area contributed by atoms with Gasteiger partial charge in [-0.25, -0.2) is 14.4 Å². The van der Waals surface area contributed by atoms with Crippen LogP contribution in [0.1, 0.15) is 31.2 Å². The van der Waals surface area contributed by atoms with Crippen LogP contribution < -0.4 is 5.32 Å². The van der Waals surface area contributed by atoms with Crippen molar-refractivity contribution in [3.8, 4) is 11.3 Å². The second-order valence-electron chi connectivity index (χ2n) is 7.81. The Labute approximate surface area is 175 Å². The van der Waals surface area contributed by atoms with Gasteiger partial charge in [0.25, 0.3) is 0 Å². The summed E-state index contributed by atoms with van der Waals surface area (Å²) in [6.45, 7) is 0.462. The first-order valence-corrected chi connectivity index (χ1v) is 10.0. The van der Waals surface area contributed by atoms with Crippen LogP contribution in [0.3, 0.4) is 0 Å². The van der Waals surface area contributed by atoms with Crippen molar-refractivity contribution >= 4 is 12.2 Å². The van der Waals surface area contributed by atoms with Gasteiger partial charge in [-0.3, -0.25) is 0 Å². The maximum Gasteiger partial charge on any atom is 0.223 e.